The van der Waals surface area contributed by atoms with Gasteiger partial charge in [-0.15, -0.1) is 0 Å². The number of carbonyl (C=O) groups is 1. The van der Waals surface area contributed by atoms with Gasteiger partial charge in [-0.1, -0.05) is 13.8 Å². The Kier molecular flexibility index (Phi) is 5.97. The van der Waals surface area contributed by atoms with Gasteiger partial charge in [0.1, 0.15) is 0 Å². The first-order valence-corrected chi connectivity index (χ1v) is 8.70. The molecule has 1 N–H and O–H groups in total. The van der Waals surface area contributed by atoms with E-state index in [-0.39, 0.29) is 5.91 Å². The lowest BCUT2D eigenvalue weighted by Crippen LogP contribution is -2.41. The summed E-state index contributed by atoms with van der Waals surface area (Å²) in [6.45, 7) is 12.9. The van der Waals surface area contributed by atoms with Crippen LogP contribution in [0.4, 0.5) is 5.95 Å². The van der Waals surface area contributed by atoms with Crippen LogP contribution in [0.3, 0.4) is 0 Å². The van der Waals surface area contributed by atoms with Gasteiger partial charge in [0.15, 0.2) is 0 Å². The van der Waals surface area contributed by atoms with Gasteiger partial charge < -0.3 is 10.2 Å². The normalized spacial score (nSPS) is 18.3. The van der Waals surface area contributed by atoms with Crippen LogP contribution < -0.4 is 10.2 Å². The Hall–Kier alpha value is -1.65. The lowest BCUT2D eigenvalue weighted by atomic mass is 9.98. The van der Waals surface area contributed by atoms with Crippen molar-refractivity contribution in [2.24, 2.45) is 11.8 Å². The Balaban J connectivity index is 2.10. The number of piperidine rings is 1. The molecule has 5 nitrogen and oxygen atoms in total. The fourth-order valence-electron chi connectivity index (χ4n) is 3.27. The SMILES string of the molecule is CC(=O)NC[C@H]1CCCN(c2nc(C)c(CC(C)C)c(C)n2)C1. The maximum atomic E-state index is 11.1. The van der Waals surface area contributed by atoms with E-state index in [1.165, 1.54) is 5.56 Å². The van der Waals surface area contributed by atoms with Crippen molar-refractivity contribution in [2.45, 2.75) is 53.9 Å². The van der Waals surface area contributed by atoms with E-state index in [1.807, 2.05) is 0 Å². The highest BCUT2D eigenvalue weighted by Gasteiger charge is 2.23. The van der Waals surface area contributed by atoms with Crippen LogP contribution in [0.2, 0.25) is 0 Å². The van der Waals surface area contributed by atoms with E-state index in [2.05, 4.69) is 37.9 Å². The van der Waals surface area contributed by atoms with E-state index in [0.717, 1.165) is 56.2 Å². The zero-order valence-electron chi connectivity index (χ0n) is 15.1. The van der Waals surface area contributed by atoms with Crippen molar-refractivity contribution in [1.82, 2.24) is 15.3 Å². The fourth-order valence-corrected chi connectivity index (χ4v) is 3.27. The molecule has 0 spiro atoms. The molecule has 0 radical (unpaired) electrons. The van der Waals surface area contributed by atoms with E-state index in [4.69, 9.17) is 9.97 Å². The Morgan fingerprint density at radius 3 is 2.52 bits per heavy atom. The summed E-state index contributed by atoms with van der Waals surface area (Å²) < 4.78 is 0. The molecule has 128 valence electrons. The smallest absolute Gasteiger partial charge is 0.225 e. The van der Waals surface area contributed by atoms with Crippen LogP contribution in [-0.4, -0.2) is 35.5 Å². The first-order valence-electron chi connectivity index (χ1n) is 8.70. The number of rotatable bonds is 5. The molecular formula is C18H30N4O. The minimum atomic E-state index is 0.0445. The third-order valence-corrected chi connectivity index (χ3v) is 4.46. The van der Waals surface area contributed by atoms with Crippen LogP contribution in [0, 0.1) is 25.7 Å². The van der Waals surface area contributed by atoms with Crippen molar-refractivity contribution in [3.05, 3.63) is 17.0 Å². The van der Waals surface area contributed by atoms with Crippen LogP contribution in [0.15, 0.2) is 0 Å². The molecule has 1 aromatic rings. The summed E-state index contributed by atoms with van der Waals surface area (Å²) in [7, 11) is 0. The minimum absolute atomic E-state index is 0.0445. The third-order valence-electron chi connectivity index (χ3n) is 4.46. The Labute approximate surface area is 139 Å². The van der Waals surface area contributed by atoms with E-state index in [1.54, 1.807) is 6.92 Å². The van der Waals surface area contributed by atoms with Gasteiger partial charge in [0, 0.05) is 37.9 Å². The standard InChI is InChI=1S/C18H30N4O/c1-12(2)9-17-13(3)20-18(21-14(17)4)22-8-6-7-16(11-22)10-19-15(5)23/h12,16H,6-11H2,1-5H3,(H,19,23)/t16-/m1/s1. The molecule has 5 heteroatoms. The van der Waals surface area contributed by atoms with E-state index >= 15 is 0 Å². The highest BCUT2D eigenvalue weighted by molar-refractivity contribution is 5.72. The summed E-state index contributed by atoms with van der Waals surface area (Å²) in [6, 6.07) is 0. The number of anilines is 1. The summed E-state index contributed by atoms with van der Waals surface area (Å²) in [5, 5.41) is 2.93. The van der Waals surface area contributed by atoms with Crippen LogP contribution in [0.25, 0.3) is 0 Å². The molecule has 1 aliphatic rings. The largest absolute Gasteiger partial charge is 0.356 e. The monoisotopic (exact) mass is 318 g/mol. The van der Waals surface area contributed by atoms with Gasteiger partial charge in [-0.3, -0.25) is 4.79 Å². The molecule has 0 unspecified atom stereocenters. The van der Waals surface area contributed by atoms with Gasteiger partial charge in [0.05, 0.1) is 0 Å². The summed E-state index contributed by atoms with van der Waals surface area (Å²) in [5.41, 5.74) is 3.49. The quantitative estimate of drug-likeness (QED) is 0.907. The van der Waals surface area contributed by atoms with Gasteiger partial charge >= 0.3 is 0 Å². The Morgan fingerprint density at radius 2 is 1.96 bits per heavy atom. The molecule has 2 heterocycles. The lowest BCUT2D eigenvalue weighted by molar-refractivity contribution is -0.119. The van der Waals surface area contributed by atoms with Crippen molar-refractivity contribution in [3.8, 4) is 0 Å². The zero-order valence-corrected chi connectivity index (χ0v) is 15.1. The summed E-state index contributed by atoms with van der Waals surface area (Å²) >= 11 is 0. The maximum absolute atomic E-state index is 11.1. The lowest BCUT2D eigenvalue weighted by Gasteiger charge is -2.33. The molecule has 1 aliphatic heterocycles. The summed E-state index contributed by atoms with van der Waals surface area (Å²) in [6.07, 6.45) is 3.31. The van der Waals surface area contributed by atoms with Gasteiger partial charge in [-0.25, -0.2) is 9.97 Å². The van der Waals surface area contributed by atoms with Gasteiger partial charge in [-0.2, -0.15) is 0 Å². The average molecular weight is 318 g/mol. The molecule has 1 fully saturated rings. The second kappa shape index (κ2) is 7.75. The van der Waals surface area contributed by atoms with E-state index in [0.29, 0.717) is 11.8 Å². The predicted octanol–water partition coefficient (Wildman–Crippen LogP) is 2.64. The number of nitrogens with one attached hydrogen (secondary N) is 1. The predicted molar refractivity (Wildman–Crippen MR) is 93.7 cm³/mol. The van der Waals surface area contributed by atoms with Crippen molar-refractivity contribution in [1.29, 1.82) is 0 Å². The number of amides is 1. The minimum Gasteiger partial charge on any atom is -0.356 e. The van der Waals surface area contributed by atoms with Gasteiger partial charge in [-0.05, 0) is 50.5 Å². The Morgan fingerprint density at radius 1 is 1.30 bits per heavy atom. The molecule has 23 heavy (non-hydrogen) atoms. The second-order valence-electron chi connectivity index (χ2n) is 7.16. The number of carbonyl (C=O) groups excluding carboxylic acids is 1. The first kappa shape index (κ1) is 17.7. The van der Waals surface area contributed by atoms with Crippen LogP contribution in [0.5, 0.6) is 0 Å². The third kappa shape index (κ3) is 4.91. The van der Waals surface area contributed by atoms with E-state index < -0.39 is 0 Å². The van der Waals surface area contributed by atoms with Gasteiger partial charge in [0.2, 0.25) is 11.9 Å². The highest BCUT2D eigenvalue weighted by atomic mass is 16.1. The number of hydrogen-bond donors (Lipinski definition) is 1. The van der Waals surface area contributed by atoms with Crippen molar-refractivity contribution in [2.75, 3.05) is 24.5 Å². The summed E-state index contributed by atoms with van der Waals surface area (Å²) in [5.74, 6) is 1.98. The fraction of sp³-hybridized carbons (Fsp3) is 0.722. The van der Waals surface area contributed by atoms with Crippen LogP contribution in [0.1, 0.15) is 50.6 Å². The van der Waals surface area contributed by atoms with Crippen LogP contribution >= 0.6 is 0 Å². The highest BCUT2D eigenvalue weighted by Crippen LogP contribution is 2.23. The molecule has 1 saturated heterocycles. The van der Waals surface area contributed by atoms with Crippen molar-refractivity contribution < 1.29 is 4.79 Å². The molecule has 0 saturated carbocycles. The molecular weight excluding hydrogens is 288 g/mol. The molecule has 0 bridgehead atoms. The molecule has 1 aromatic heterocycles. The zero-order chi connectivity index (χ0) is 17.0. The summed E-state index contributed by atoms with van der Waals surface area (Å²) in [4.78, 5) is 22.9. The second-order valence-corrected chi connectivity index (χ2v) is 7.16. The molecule has 0 aromatic carbocycles. The molecule has 0 aliphatic carbocycles. The number of aryl methyl sites for hydroxylation is 2. The maximum Gasteiger partial charge on any atom is 0.225 e. The molecule has 2 rings (SSSR count). The average Bonchev–Trinajstić information content (AvgIpc) is 2.48. The van der Waals surface area contributed by atoms with Crippen LogP contribution in [-0.2, 0) is 11.2 Å². The first-order chi connectivity index (χ1) is 10.9. The number of aromatic nitrogens is 2. The molecule has 1 amide bonds. The van der Waals surface area contributed by atoms with Gasteiger partial charge in [0.25, 0.3) is 0 Å². The Bertz CT molecular complexity index is 533. The number of hydrogen-bond acceptors (Lipinski definition) is 4. The van der Waals surface area contributed by atoms with Crippen molar-refractivity contribution in [3.63, 3.8) is 0 Å². The number of nitrogens with zero attached hydrogens (tertiary/aromatic N) is 3. The van der Waals surface area contributed by atoms with E-state index in [9.17, 15) is 4.79 Å². The van der Waals surface area contributed by atoms with Crippen molar-refractivity contribution >= 4 is 11.9 Å². The topological polar surface area (TPSA) is 58.1 Å². The molecule has 1 atom stereocenters.